The number of nitrogens with zero attached hydrogens (tertiary/aromatic N) is 2. The van der Waals surface area contributed by atoms with Crippen LogP contribution in [0, 0.1) is 0 Å². The first-order valence-corrected chi connectivity index (χ1v) is 5.59. The Kier molecular flexibility index (Phi) is 3.97. The average Bonchev–Trinajstić information content (AvgIpc) is 2.97. The van der Waals surface area contributed by atoms with Crippen LogP contribution in [0.1, 0.15) is 16.1 Å². The zero-order chi connectivity index (χ0) is 13.7. The van der Waals surface area contributed by atoms with Gasteiger partial charge in [0.25, 0.3) is 5.91 Å². The Bertz CT molecular complexity index is 554. The lowest BCUT2D eigenvalue weighted by Gasteiger charge is -2.10. The molecule has 100 valence electrons. The molecule has 0 saturated carbocycles. The van der Waals surface area contributed by atoms with Gasteiger partial charge in [0, 0.05) is 0 Å². The number of aromatic amines is 1. The third-order valence-electron chi connectivity index (χ3n) is 2.55. The van der Waals surface area contributed by atoms with Gasteiger partial charge in [0.1, 0.15) is 17.2 Å². The number of rotatable bonds is 5. The predicted molar refractivity (Wildman–Crippen MR) is 67.1 cm³/mol. The fourth-order valence-electron chi connectivity index (χ4n) is 1.57. The summed E-state index contributed by atoms with van der Waals surface area (Å²) in [6.45, 7) is 0.287. The van der Waals surface area contributed by atoms with Crippen LogP contribution in [-0.2, 0) is 6.54 Å². The number of benzene rings is 1. The zero-order valence-corrected chi connectivity index (χ0v) is 10.6. The second-order valence-electron chi connectivity index (χ2n) is 3.71. The van der Waals surface area contributed by atoms with Gasteiger partial charge in [-0.15, -0.1) is 0 Å². The minimum absolute atomic E-state index is 0.265. The van der Waals surface area contributed by atoms with Crippen LogP contribution < -0.4 is 14.8 Å². The van der Waals surface area contributed by atoms with E-state index in [2.05, 4.69) is 20.7 Å². The Morgan fingerprint density at radius 2 is 2.21 bits per heavy atom. The summed E-state index contributed by atoms with van der Waals surface area (Å²) >= 11 is 0. The van der Waals surface area contributed by atoms with E-state index < -0.39 is 0 Å². The molecule has 7 nitrogen and oxygen atoms in total. The molecule has 1 aromatic heterocycles. The van der Waals surface area contributed by atoms with Gasteiger partial charge < -0.3 is 14.8 Å². The molecule has 0 aliphatic heterocycles. The number of hydrogen-bond donors (Lipinski definition) is 2. The molecule has 0 atom stereocenters. The molecule has 0 bridgehead atoms. The van der Waals surface area contributed by atoms with E-state index in [1.165, 1.54) is 7.11 Å². The molecular formula is C12H14N4O3. The van der Waals surface area contributed by atoms with Gasteiger partial charge in [-0.25, -0.2) is 0 Å². The van der Waals surface area contributed by atoms with Crippen molar-refractivity contribution in [2.45, 2.75) is 6.54 Å². The number of H-pyrrole nitrogens is 1. The minimum Gasteiger partial charge on any atom is -0.497 e. The van der Waals surface area contributed by atoms with Crippen molar-refractivity contribution in [2.24, 2.45) is 0 Å². The lowest BCUT2D eigenvalue weighted by molar-refractivity contribution is 0.0947. The Morgan fingerprint density at radius 3 is 2.84 bits per heavy atom. The van der Waals surface area contributed by atoms with Gasteiger partial charge >= 0.3 is 0 Å². The van der Waals surface area contributed by atoms with Gasteiger partial charge in [-0.05, 0) is 18.2 Å². The third-order valence-corrected chi connectivity index (χ3v) is 2.55. The van der Waals surface area contributed by atoms with Crippen molar-refractivity contribution in [3.63, 3.8) is 0 Å². The van der Waals surface area contributed by atoms with E-state index in [-0.39, 0.29) is 12.5 Å². The summed E-state index contributed by atoms with van der Waals surface area (Å²) in [5.74, 6) is 0.810. The quantitative estimate of drug-likeness (QED) is 0.830. The molecule has 0 aliphatic rings. The molecule has 1 aromatic carbocycles. The average molecular weight is 262 g/mol. The van der Waals surface area contributed by atoms with Crippen LogP contribution in [0.15, 0.2) is 24.4 Å². The fraction of sp³-hybridized carbons (Fsp3) is 0.250. The summed E-state index contributed by atoms with van der Waals surface area (Å²) in [5, 5.41) is 12.7. The maximum absolute atomic E-state index is 12.1. The van der Waals surface area contributed by atoms with E-state index in [0.717, 1.165) is 0 Å². The van der Waals surface area contributed by atoms with Crippen LogP contribution in [0.2, 0.25) is 0 Å². The van der Waals surface area contributed by atoms with Gasteiger partial charge in [0.05, 0.1) is 32.5 Å². The van der Waals surface area contributed by atoms with Crippen molar-refractivity contribution in [3.8, 4) is 11.5 Å². The summed E-state index contributed by atoms with van der Waals surface area (Å²) in [6, 6.07) is 5.04. The van der Waals surface area contributed by atoms with E-state index in [1.807, 2.05) is 0 Å². The van der Waals surface area contributed by atoms with Gasteiger partial charge in [-0.2, -0.15) is 15.4 Å². The smallest absolute Gasteiger partial charge is 0.255 e. The fourth-order valence-corrected chi connectivity index (χ4v) is 1.57. The summed E-state index contributed by atoms with van der Waals surface area (Å²) < 4.78 is 10.2. The van der Waals surface area contributed by atoms with Crippen LogP contribution in [0.5, 0.6) is 11.5 Å². The number of ether oxygens (including phenoxy) is 2. The molecule has 2 aromatic rings. The first kappa shape index (κ1) is 12.9. The standard InChI is InChI=1S/C12H14N4O3/c1-18-9-3-4-11(19-2)10(5-9)12(17)13-6-8-7-14-16-15-8/h3-5,7H,6H2,1-2H3,(H,13,17)(H,14,15,16). The van der Waals surface area contributed by atoms with Gasteiger partial charge in [-0.1, -0.05) is 0 Å². The van der Waals surface area contributed by atoms with Crippen molar-refractivity contribution < 1.29 is 14.3 Å². The normalized spacial score (nSPS) is 10.0. The van der Waals surface area contributed by atoms with Crippen LogP contribution in [0.4, 0.5) is 0 Å². The van der Waals surface area contributed by atoms with Crippen LogP contribution in [-0.4, -0.2) is 35.5 Å². The molecule has 19 heavy (non-hydrogen) atoms. The number of methoxy groups -OCH3 is 2. The lowest BCUT2D eigenvalue weighted by atomic mass is 10.1. The van der Waals surface area contributed by atoms with Crippen LogP contribution >= 0.6 is 0 Å². The molecule has 0 radical (unpaired) electrons. The number of amides is 1. The molecule has 7 heteroatoms. The summed E-state index contributed by atoms with van der Waals surface area (Å²) in [5.41, 5.74) is 1.06. The third kappa shape index (κ3) is 3.01. The number of carbonyl (C=O) groups excluding carboxylic acids is 1. The topological polar surface area (TPSA) is 89.1 Å². The highest BCUT2D eigenvalue weighted by molar-refractivity contribution is 5.97. The molecular weight excluding hydrogens is 248 g/mol. The van der Waals surface area contributed by atoms with E-state index in [4.69, 9.17) is 9.47 Å². The predicted octanol–water partition coefficient (Wildman–Crippen LogP) is 0.752. The molecule has 0 aliphatic carbocycles. The number of nitrogens with one attached hydrogen (secondary N) is 2. The molecule has 0 unspecified atom stereocenters. The Labute approximate surface area is 109 Å². The van der Waals surface area contributed by atoms with Gasteiger partial charge in [0.2, 0.25) is 0 Å². The molecule has 1 heterocycles. The highest BCUT2D eigenvalue weighted by atomic mass is 16.5. The zero-order valence-electron chi connectivity index (χ0n) is 10.6. The largest absolute Gasteiger partial charge is 0.497 e. The highest BCUT2D eigenvalue weighted by Gasteiger charge is 2.13. The van der Waals surface area contributed by atoms with E-state index >= 15 is 0 Å². The SMILES string of the molecule is COc1ccc(OC)c(C(=O)NCc2cn[nH]n2)c1. The van der Waals surface area contributed by atoms with Crippen molar-refractivity contribution in [3.05, 3.63) is 35.7 Å². The van der Waals surface area contributed by atoms with E-state index in [1.54, 1.807) is 31.5 Å². The number of carbonyl (C=O) groups is 1. The summed E-state index contributed by atoms with van der Waals surface area (Å²) in [4.78, 5) is 12.1. The molecule has 1 amide bonds. The van der Waals surface area contributed by atoms with Crippen LogP contribution in [0.25, 0.3) is 0 Å². The monoisotopic (exact) mass is 262 g/mol. The molecule has 2 rings (SSSR count). The lowest BCUT2D eigenvalue weighted by Crippen LogP contribution is -2.23. The number of aromatic nitrogens is 3. The van der Waals surface area contributed by atoms with Crippen molar-refractivity contribution >= 4 is 5.91 Å². The molecule has 0 saturated heterocycles. The first-order chi connectivity index (χ1) is 9.24. The second-order valence-corrected chi connectivity index (χ2v) is 3.71. The van der Waals surface area contributed by atoms with E-state index in [0.29, 0.717) is 22.8 Å². The first-order valence-electron chi connectivity index (χ1n) is 5.59. The maximum atomic E-state index is 12.1. The molecule has 0 spiro atoms. The van der Waals surface area contributed by atoms with Gasteiger partial charge in [-0.3, -0.25) is 4.79 Å². The van der Waals surface area contributed by atoms with Crippen LogP contribution in [0.3, 0.4) is 0 Å². The van der Waals surface area contributed by atoms with Crippen molar-refractivity contribution in [1.82, 2.24) is 20.7 Å². The molecule has 2 N–H and O–H groups in total. The Morgan fingerprint density at radius 1 is 1.37 bits per heavy atom. The molecule has 0 fully saturated rings. The van der Waals surface area contributed by atoms with Gasteiger partial charge in [0.15, 0.2) is 0 Å². The Balaban J connectivity index is 2.12. The minimum atomic E-state index is -0.265. The Hall–Kier alpha value is -2.57. The summed E-state index contributed by atoms with van der Waals surface area (Å²) in [6.07, 6.45) is 1.54. The maximum Gasteiger partial charge on any atom is 0.255 e. The number of hydrogen-bond acceptors (Lipinski definition) is 5. The summed E-state index contributed by atoms with van der Waals surface area (Å²) in [7, 11) is 3.05. The van der Waals surface area contributed by atoms with E-state index in [9.17, 15) is 4.79 Å². The van der Waals surface area contributed by atoms with Crippen molar-refractivity contribution in [2.75, 3.05) is 14.2 Å². The second kappa shape index (κ2) is 5.85. The van der Waals surface area contributed by atoms with Crippen molar-refractivity contribution in [1.29, 1.82) is 0 Å². The highest BCUT2D eigenvalue weighted by Crippen LogP contribution is 2.23.